The number of amides is 1. The Bertz CT molecular complexity index is 757. The number of ether oxygens (including phenoxy) is 1. The van der Waals surface area contributed by atoms with Crippen molar-refractivity contribution < 1.29 is 9.53 Å². The molecule has 0 radical (unpaired) electrons. The highest BCUT2D eigenvalue weighted by Gasteiger charge is 2.08. The molecule has 138 valence electrons. The van der Waals surface area contributed by atoms with Crippen molar-refractivity contribution in [1.29, 1.82) is 0 Å². The van der Waals surface area contributed by atoms with Gasteiger partial charge in [0.1, 0.15) is 0 Å². The molecule has 6 nitrogen and oxygen atoms in total. The second kappa shape index (κ2) is 9.46. The van der Waals surface area contributed by atoms with Crippen LogP contribution in [0.2, 0.25) is 0 Å². The van der Waals surface area contributed by atoms with Crippen molar-refractivity contribution in [2.75, 3.05) is 26.5 Å². The molecule has 2 aromatic carbocycles. The molecule has 0 aliphatic heterocycles. The van der Waals surface area contributed by atoms with E-state index in [4.69, 9.17) is 0 Å². The molecule has 0 atom stereocenters. The average molecular weight is 354 g/mol. The number of carbonyl (C=O) groups excluding carboxylic acids is 1. The van der Waals surface area contributed by atoms with E-state index in [0.29, 0.717) is 12.2 Å². The first-order chi connectivity index (χ1) is 12.5. The Morgan fingerprint density at radius 3 is 2.46 bits per heavy atom. The highest BCUT2D eigenvalue weighted by Crippen LogP contribution is 2.11. The molecule has 6 heteroatoms. The predicted molar refractivity (Wildman–Crippen MR) is 105 cm³/mol. The minimum Gasteiger partial charge on any atom is -0.453 e. The number of anilines is 1. The van der Waals surface area contributed by atoms with Gasteiger partial charge >= 0.3 is 6.09 Å². The molecule has 0 bridgehead atoms. The molecular weight excluding hydrogens is 328 g/mol. The molecule has 0 aliphatic carbocycles. The number of guanidine groups is 1. The summed E-state index contributed by atoms with van der Waals surface area (Å²) < 4.78 is 4.58. The van der Waals surface area contributed by atoms with E-state index in [-0.39, 0.29) is 0 Å². The summed E-state index contributed by atoms with van der Waals surface area (Å²) in [6.45, 7) is 3.54. The molecule has 0 aliphatic rings. The van der Waals surface area contributed by atoms with Crippen LogP contribution in [-0.4, -0.2) is 38.2 Å². The van der Waals surface area contributed by atoms with Crippen LogP contribution in [0.3, 0.4) is 0 Å². The van der Waals surface area contributed by atoms with E-state index in [2.05, 4.69) is 50.4 Å². The van der Waals surface area contributed by atoms with Crippen LogP contribution in [0.1, 0.15) is 16.7 Å². The van der Waals surface area contributed by atoms with E-state index in [9.17, 15) is 4.79 Å². The first-order valence-corrected chi connectivity index (χ1v) is 8.43. The molecule has 0 saturated heterocycles. The fraction of sp³-hybridized carbons (Fsp3) is 0.300. The molecular formula is C20H26N4O2. The maximum atomic E-state index is 11.2. The number of benzene rings is 2. The SMILES string of the molecule is CN=C(NCc1ccc(NC(=O)OC)cc1)N(C)Cc1ccccc1C. The lowest BCUT2D eigenvalue weighted by Crippen LogP contribution is -2.38. The fourth-order valence-corrected chi connectivity index (χ4v) is 2.56. The normalized spacial score (nSPS) is 11.0. The van der Waals surface area contributed by atoms with Crippen molar-refractivity contribution in [3.05, 3.63) is 65.2 Å². The Kier molecular flexibility index (Phi) is 7.02. The Hall–Kier alpha value is -3.02. The Morgan fingerprint density at radius 2 is 1.85 bits per heavy atom. The highest BCUT2D eigenvalue weighted by atomic mass is 16.5. The van der Waals surface area contributed by atoms with E-state index < -0.39 is 6.09 Å². The van der Waals surface area contributed by atoms with Gasteiger partial charge in [0.15, 0.2) is 5.96 Å². The summed E-state index contributed by atoms with van der Waals surface area (Å²) in [5.74, 6) is 0.824. The first-order valence-electron chi connectivity index (χ1n) is 8.43. The van der Waals surface area contributed by atoms with Crippen molar-refractivity contribution in [2.45, 2.75) is 20.0 Å². The van der Waals surface area contributed by atoms with Crippen LogP contribution in [0, 0.1) is 6.92 Å². The van der Waals surface area contributed by atoms with Crippen molar-refractivity contribution in [2.24, 2.45) is 4.99 Å². The van der Waals surface area contributed by atoms with Crippen molar-refractivity contribution >= 4 is 17.7 Å². The third-order valence-corrected chi connectivity index (χ3v) is 4.08. The largest absolute Gasteiger partial charge is 0.453 e. The Balaban J connectivity index is 1.92. The smallest absolute Gasteiger partial charge is 0.411 e. The lowest BCUT2D eigenvalue weighted by molar-refractivity contribution is 0.187. The van der Waals surface area contributed by atoms with E-state index in [1.807, 2.05) is 37.4 Å². The second-order valence-electron chi connectivity index (χ2n) is 6.00. The van der Waals surface area contributed by atoms with Crippen LogP contribution in [0.4, 0.5) is 10.5 Å². The molecule has 0 aromatic heterocycles. The average Bonchev–Trinajstić information content (AvgIpc) is 2.65. The van der Waals surface area contributed by atoms with Crippen LogP contribution < -0.4 is 10.6 Å². The molecule has 2 N–H and O–H groups in total. The molecule has 0 unspecified atom stereocenters. The molecule has 1 amide bonds. The van der Waals surface area contributed by atoms with Gasteiger partial charge in [-0.15, -0.1) is 0 Å². The van der Waals surface area contributed by atoms with Crippen LogP contribution in [-0.2, 0) is 17.8 Å². The third kappa shape index (κ3) is 5.51. The summed E-state index contributed by atoms with van der Waals surface area (Å²) in [4.78, 5) is 17.6. The monoisotopic (exact) mass is 354 g/mol. The van der Waals surface area contributed by atoms with Gasteiger partial charge in [0.25, 0.3) is 0 Å². The second-order valence-corrected chi connectivity index (χ2v) is 6.00. The summed E-state index contributed by atoms with van der Waals surface area (Å²) in [7, 11) is 5.14. The summed E-state index contributed by atoms with van der Waals surface area (Å²) >= 11 is 0. The van der Waals surface area contributed by atoms with Crippen LogP contribution in [0.15, 0.2) is 53.5 Å². The van der Waals surface area contributed by atoms with Gasteiger partial charge in [-0.3, -0.25) is 10.3 Å². The molecule has 0 spiro atoms. The van der Waals surface area contributed by atoms with Gasteiger partial charge in [-0.2, -0.15) is 0 Å². The fourth-order valence-electron chi connectivity index (χ4n) is 2.56. The molecule has 26 heavy (non-hydrogen) atoms. The summed E-state index contributed by atoms with van der Waals surface area (Å²) in [6, 6.07) is 15.9. The van der Waals surface area contributed by atoms with Crippen LogP contribution in [0.5, 0.6) is 0 Å². The highest BCUT2D eigenvalue weighted by molar-refractivity contribution is 5.84. The first kappa shape index (κ1) is 19.3. The van der Waals surface area contributed by atoms with Crippen molar-refractivity contribution in [3.8, 4) is 0 Å². The number of hydrogen-bond acceptors (Lipinski definition) is 3. The molecule has 0 heterocycles. The Morgan fingerprint density at radius 1 is 1.15 bits per heavy atom. The van der Waals surface area contributed by atoms with Crippen molar-refractivity contribution in [3.63, 3.8) is 0 Å². The predicted octanol–water partition coefficient (Wildman–Crippen LogP) is 3.38. The van der Waals surface area contributed by atoms with E-state index in [1.54, 1.807) is 7.05 Å². The quantitative estimate of drug-likeness (QED) is 0.638. The van der Waals surface area contributed by atoms with Gasteiger partial charge in [0.2, 0.25) is 0 Å². The van der Waals surface area contributed by atoms with Crippen LogP contribution in [0.25, 0.3) is 0 Å². The lowest BCUT2D eigenvalue weighted by atomic mass is 10.1. The van der Waals surface area contributed by atoms with Gasteiger partial charge in [-0.05, 0) is 35.7 Å². The van der Waals surface area contributed by atoms with E-state index in [0.717, 1.165) is 18.1 Å². The zero-order valence-corrected chi connectivity index (χ0v) is 15.7. The number of nitrogens with zero attached hydrogens (tertiary/aromatic N) is 2. The summed E-state index contributed by atoms with van der Waals surface area (Å²) in [5, 5.41) is 5.99. The molecule has 0 saturated carbocycles. The number of nitrogens with one attached hydrogen (secondary N) is 2. The number of carbonyl (C=O) groups is 1. The zero-order chi connectivity index (χ0) is 18.9. The van der Waals surface area contributed by atoms with Crippen LogP contribution >= 0.6 is 0 Å². The standard InChI is InChI=1S/C20H26N4O2/c1-15-7-5-6-8-17(15)14-24(3)19(21-2)22-13-16-9-11-18(12-10-16)23-20(25)26-4/h5-12H,13-14H2,1-4H3,(H,21,22)(H,23,25). The number of aliphatic imine (C=N–C) groups is 1. The van der Waals surface area contributed by atoms with E-state index >= 15 is 0 Å². The zero-order valence-electron chi connectivity index (χ0n) is 15.7. The Labute approximate surface area is 154 Å². The summed E-state index contributed by atoms with van der Waals surface area (Å²) in [6.07, 6.45) is -0.478. The number of rotatable bonds is 5. The maximum absolute atomic E-state index is 11.2. The maximum Gasteiger partial charge on any atom is 0.411 e. The van der Waals surface area contributed by atoms with Gasteiger partial charge in [0, 0.05) is 32.9 Å². The number of methoxy groups -OCH3 is 1. The van der Waals surface area contributed by atoms with Crippen molar-refractivity contribution in [1.82, 2.24) is 10.2 Å². The van der Waals surface area contributed by atoms with Gasteiger partial charge in [-0.1, -0.05) is 36.4 Å². The minimum absolute atomic E-state index is 0.478. The minimum atomic E-state index is -0.478. The van der Waals surface area contributed by atoms with Gasteiger partial charge in [-0.25, -0.2) is 4.79 Å². The third-order valence-electron chi connectivity index (χ3n) is 4.08. The molecule has 0 fully saturated rings. The summed E-state index contributed by atoms with van der Waals surface area (Å²) in [5.41, 5.74) is 4.33. The number of hydrogen-bond donors (Lipinski definition) is 2. The lowest BCUT2D eigenvalue weighted by Gasteiger charge is -2.23. The van der Waals surface area contributed by atoms with E-state index in [1.165, 1.54) is 18.2 Å². The molecule has 2 rings (SSSR count). The van der Waals surface area contributed by atoms with Gasteiger partial charge in [0.05, 0.1) is 7.11 Å². The van der Waals surface area contributed by atoms with Gasteiger partial charge < -0.3 is 15.0 Å². The number of aryl methyl sites for hydroxylation is 1. The molecule has 2 aromatic rings. The topological polar surface area (TPSA) is 66.0 Å².